The van der Waals surface area contributed by atoms with Crippen molar-refractivity contribution in [3.05, 3.63) is 23.3 Å². The number of phenolic OH excluding ortho intramolecular Hbond substituents is 1. The van der Waals surface area contributed by atoms with Crippen LogP contribution >= 0.6 is 0 Å². The Morgan fingerprint density at radius 3 is 2.67 bits per heavy atom. The summed E-state index contributed by atoms with van der Waals surface area (Å²) in [4.78, 5) is 11.3. The minimum Gasteiger partial charge on any atom is -0.504 e. The maximum atomic E-state index is 13.9. The maximum absolute atomic E-state index is 13.9. The van der Waals surface area contributed by atoms with Gasteiger partial charge < -0.3 is 20.3 Å². The largest absolute Gasteiger partial charge is 0.504 e. The Balaban J connectivity index is 3.32. The fourth-order valence-corrected chi connectivity index (χ4v) is 1.64. The molecular formula is C13H14F2N2O4. The molecule has 0 saturated heterocycles. The van der Waals surface area contributed by atoms with Crippen molar-refractivity contribution in [1.29, 1.82) is 5.26 Å². The smallest absolute Gasteiger partial charge is 0.379 e. The number of ether oxygens (including phenoxy) is 2. The van der Waals surface area contributed by atoms with E-state index in [2.05, 4.69) is 4.74 Å². The van der Waals surface area contributed by atoms with E-state index < -0.39 is 29.2 Å². The summed E-state index contributed by atoms with van der Waals surface area (Å²) in [5.74, 6) is -6.72. The summed E-state index contributed by atoms with van der Waals surface area (Å²) < 4.78 is 36.8. The van der Waals surface area contributed by atoms with E-state index in [-0.39, 0.29) is 17.9 Å². The first-order valence-corrected chi connectivity index (χ1v) is 5.91. The van der Waals surface area contributed by atoms with Gasteiger partial charge in [-0.15, -0.1) is 0 Å². The molecular weight excluding hydrogens is 286 g/mol. The Labute approximate surface area is 119 Å². The van der Waals surface area contributed by atoms with Gasteiger partial charge in [-0.3, -0.25) is 0 Å². The zero-order valence-electron chi connectivity index (χ0n) is 11.4. The number of rotatable bonds is 5. The maximum Gasteiger partial charge on any atom is 0.379 e. The second-order valence-electron chi connectivity index (χ2n) is 4.05. The van der Waals surface area contributed by atoms with Gasteiger partial charge in [0.05, 0.1) is 25.3 Å². The highest BCUT2D eigenvalue weighted by Crippen LogP contribution is 2.40. The van der Waals surface area contributed by atoms with Gasteiger partial charge in [-0.2, -0.15) is 14.0 Å². The van der Waals surface area contributed by atoms with E-state index in [9.17, 15) is 18.7 Å². The number of phenols is 1. The van der Waals surface area contributed by atoms with Crippen molar-refractivity contribution < 1.29 is 28.2 Å². The second-order valence-corrected chi connectivity index (χ2v) is 4.05. The zero-order valence-corrected chi connectivity index (χ0v) is 11.4. The van der Waals surface area contributed by atoms with Gasteiger partial charge in [-0.25, -0.2) is 4.79 Å². The normalized spacial score (nSPS) is 12.4. The highest BCUT2D eigenvalue weighted by Gasteiger charge is 2.49. The lowest BCUT2D eigenvalue weighted by Gasteiger charge is -2.23. The van der Waals surface area contributed by atoms with Gasteiger partial charge in [-0.1, -0.05) is 0 Å². The molecule has 0 aromatic heterocycles. The summed E-state index contributed by atoms with van der Waals surface area (Å²) in [7, 11) is 1.19. The molecule has 1 aromatic rings. The molecule has 0 amide bonds. The number of hydrogen-bond donors (Lipinski definition) is 2. The fourth-order valence-electron chi connectivity index (χ4n) is 1.64. The van der Waals surface area contributed by atoms with Crippen molar-refractivity contribution in [2.75, 3.05) is 13.7 Å². The molecule has 0 unspecified atom stereocenters. The van der Waals surface area contributed by atoms with E-state index in [1.54, 1.807) is 6.07 Å². The summed E-state index contributed by atoms with van der Waals surface area (Å²) >= 11 is 0. The van der Waals surface area contributed by atoms with Crippen molar-refractivity contribution >= 4 is 5.97 Å². The number of aromatic hydroxyl groups is 1. The molecule has 0 fully saturated rings. The quantitative estimate of drug-likeness (QED) is 0.798. The number of methoxy groups -OCH3 is 1. The summed E-state index contributed by atoms with van der Waals surface area (Å²) in [6, 6.07) is 1.67. The Morgan fingerprint density at radius 1 is 1.57 bits per heavy atom. The van der Waals surface area contributed by atoms with Gasteiger partial charge in [-0.05, 0) is 13.0 Å². The van der Waals surface area contributed by atoms with Crippen molar-refractivity contribution in [3.8, 4) is 17.6 Å². The second kappa shape index (κ2) is 6.37. The molecule has 0 aliphatic heterocycles. The number of benzene rings is 1. The van der Waals surface area contributed by atoms with Gasteiger partial charge in [0.2, 0.25) is 0 Å². The minimum absolute atomic E-state index is 0.0465. The molecule has 0 spiro atoms. The van der Waals surface area contributed by atoms with Crippen LogP contribution in [0.2, 0.25) is 0 Å². The van der Waals surface area contributed by atoms with Crippen molar-refractivity contribution in [1.82, 2.24) is 0 Å². The lowest BCUT2D eigenvalue weighted by molar-refractivity contribution is -0.174. The monoisotopic (exact) mass is 300 g/mol. The van der Waals surface area contributed by atoms with Crippen molar-refractivity contribution in [2.24, 2.45) is 5.73 Å². The van der Waals surface area contributed by atoms with Gasteiger partial charge in [0.25, 0.3) is 0 Å². The Morgan fingerprint density at radius 2 is 2.19 bits per heavy atom. The molecule has 3 N–H and O–H groups in total. The highest BCUT2D eigenvalue weighted by molar-refractivity contribution is 5.79. The number of carbonyl (C=O) groups excluding carboxylic acids is 1. The van der Waals surface area contributed by atoms with E-state index in [4.69, 9.17) is 15.7 Å². The summed E-state index contributed by atoms with van der Waals surface area (Å²) in [5.41, 5.74) is 4.85. The number of esters is 1. The SMILES string of the molecule is CCOC(=O)C(F)(F)[C@H](N)c1cc(C#N)cc(OC)c1O. The lowest BCUT2D eigenvalue weighted by Crippen LogP contribution is -2.41. The minimum atomic E-state index is -4.06. The highest BCUT2D eigenvalue weighted by atomic mass is 19.3. The first-order chi connectivity index (χ1) is 9.79. The predicted octanol–water partition coefficient (Wildman–Crippen LogP) is 1.47. The Bertz CT molecular complexity index is 584. The third kappa shape index (κ3) is 3.20. The summed E-state index contributed by atoms with van der Waals surface area (Å²) in [6.45, 7) is 1.13. The number of hydrogen-bond acceptors (Lipinski definition) is 6. The molecule has 0 aliphatic rings. The van der Waals surface area contributed by atoms with E-state index in [0.29, 0.717) is 0 Å². The van der Waals surface area contributed by atoms with Crippen LogP contribution in [0.3, 0.4) is 0 Å². The number of carbonyl (C=O) groups is 1. The van der Waals surface area contributed by atoms with Crippen LogP contribution in [0.4, 0.5) is 8.78 Å². The van der Waals surface area contributed by atoms with Crippen LogP contribution in [-0.4, -0.2) is 30.7 Å². The average molecular weight is 300 g/mol. The molecule has 1 aromatic carbocycles. The number of alkyl halides is 2. The number of halogens is 2. The predicted molar refractivity (Wildman–Crippen MR) is 67.9 cm³/mol. The van der Waals surface area contributed by atoms with Crippen LogP contribution in [0, 0.1) is 11.3 Å². The average Bonchev–Trinajstić information content (AvgIpc) is 2.46. The molecule has 8 heteroatoms. The van der Waals surface area contributed by atoms with E-state index >= 15 is 0 Å². The Hall–Kier alpha value is -2.40. The molecule has 21 heavy (non-hydrogen) atoms. The number of nitrogens with zero attached hydrogens (tertiary/aromatic N) is 1. The van der Waals surface area contributed by atoms with Gasteiger partial charge >= 0.3 is 11.9 Å². The van der Waals surface area contributed by atoms with Crippen LogP contribution in [-0.2, 0) is 9.53 Å². The van der Waals surface area contributed by atoms with Crippen LogP contribution in [0.15, 0.2) is 12.1 Å². The van der Waals surface area contributed by atoms with Crippen LogP contribution in [0.5, 0.6) is 11.5 Å². The molecule has 0 saturated carbocycles. The number of nitrogens with two attached hydrogens (primary N) is 1. The van der Waals surface area contributed by atoms with E-state index in [1.165, 1.54) is 14.0 Å². The number of nitriles is 1. The molecule has 114 valence electrons. The first-order valence-electron chi connectivity index (χ1n) is 5.91. The molecule has 6 nitrogen and oxygen atoms in total. The molecule has 0 bridgehead atoms. The van der Waals surface area contributed by atoms with Crippen LogP contribution in [0.1, 0.15) is 24.1 Å². The molecule has 0 radical (unpaired) electrons. The topological polar surface area (TPSA) is 106 Å². The van der Waals surface area contributed by atoms with Gasteiger partial charge in [0, 0.05) is 11.6 Å². The van der Waals surface area contributed by atoms with Gasteiger partial charge in [0.15, 0.2) is 11.5 Å². The van der Waals surface area contributed by atoms with Gasteiger partial charge in [0.1, 0.15) is 6.04 Å². The lowest BCUT2D eigenvalue weighted by atomic mass is 9.98. The molecule has 1 rings (SSSR count). The zero-order chi connectivity index (χ0) is 16.2. The van der Waals surface area contributed by atoms with E-state index in [0.717, 1.165) is 12.1 Å². The third-order valence-electron chi connectivity index (χ3n) is 2.73. The summed E-state index contributed by atoms with van der Waals surface area (Å²) in [5, 5.41) is 18.7. The first kappa shape index (κ1) is 16.7. The van der Waals surface area contributed by atoms with Crippen molar-refractivity contribution in [3.63, 3.8) is 0 Å². The van der Waals surface area contributed by atoms with E-state index in [1.807, 2.05) is 0 Å². The van der Waals surface area contributed by atoms with Crippen molar-refractivity contribution in [2.45, 2.75) is 18.9 Å². The molecule has 0 aliphatic carbocycles. The van der Waals surface area contributed by atoms with Crippen LogP contribution < -0.4 is 10.5 Å². The third-order valence-corrected chi connectivity index (χ3v) is 2.73. The standard InChI is InChI=1S/C13H14F2N2O4/c1-3-21-12(19)13(14,15)11(17)8-4-7(6-16)5-9(20-2)10(8)18/h4-5,11,18H,3,17H2,1-2H3/t11-/m1/s1. The van der Waals surface area contributed by atoms with Crippen LogP contribution in [0.25, 0.3) is 0 Å². The Kier molecular flexibility index (Phi) is 5.05. The molecule has 0 heterocycles. The summed E-state index contributed by atoms with van der Waals surface area (Å²) in [6.07, 6.45) is 0. The fraction of sp³-hybridized carbons (Fsp3) is 0.385. The molecule has 1 atom stereocenters.